The topological polar surface area (TPSA) is 37.0 Å². The van der Waals surface area contributed by atoms with Gasteiger partial charge in [-0.1, -0.05) is 18.2 Å². The molecule has 1 aromatic heterocycles. The highest BCUT2D eigenvalue weighted by Gasteiger charge is 2.04. The van der Waals surface area contributed by atoms with Crippen LogP contribution in [0.3, 0.4) is 0 Å². The van der Waals surface area contributed by atoms with Gasteiger partial charge in [-0.15, -0.1) is 12.4 Å². The fraction of sp³-hybridized carbons (Fsp3) is 0.385. The van der Waals surface area contributed by atoms with Crippen LogP contribution in [0.1, 0.15) is 12.5 Å². The molecule has 2 rings (SSSR count). The standard InChI is InChI=1S/C13H18N2O.ClH/c1-10(9-16-2)15-8-12-5-3-4-11-6-7-14-13(11)12;/h3-7,10,14-15H,8-9H2,1-2H3;1H. The molecule has 2 aromatic rings. The molecule has 0 aliphatic rings. The van der Waals surface area contributed by atoms with Crippen molar-refractivity contribution < 1.29 is 4.74 Å². The van der Waals surface area contributed by atoms with Crippen molar-refractivity contribution >= 4 is 23.3 Å². The first-order valence-electron chi connectivity index (χ1n) is 5.58. The Labute approximate surface area is 108 Å². The number of benzene rings is 1. The van der Waals surface area contributed by atoms with E-state index in [2.05, 4.69) is 41.5 Å². The van der Waals surface area contributed by atoms with E-state index in [1.807, 2.05) is 6.20 Å². The third-order valence-corrected chi connectivity index (χ3v) is 2.73. The molecular formula is C13H19ClN2O. The molecule has 0 amide bonds. The van der Waals surface area contributed by atoms with E-state index in [4.69, 9.17) is 4.74 Å². The zero-order chi connectivity index (χ0) is 11.4. The molecule has 1 atom stereocenters. The summed E-state index contributed by atoms with van der Waals surface area (Å²) in [5, 5.41) is 4.70. The van der Waals surface area contributed by atoms with Gasteiger partial charge in [0.15, 0.2) is 0 Å². The lowest BCUT2D eigenvalue weighted by atomic mass is 10.1. The van der Waals surface area contributed by atoms with Gasteiger partial charge in [0.1, 0.15) is 0 Å². The predicted molar refractivity (Wildman–Crippen MR) is 73.7 cm³/mol. The van der Waals surface area contributed by atoms with Crippen LogP contribution < -0.4 is 5.32 Å². The molecule has 0 radical (unpaired) electrons. The monoisotopic (exact) mass is 254 g/mol. The van der Waals surface area contributed by atoms with Gasteiger partial charge in [-0.25, -0.2) is 0 Å². The number of nitrogens with one attached hydrogen (secondary N) is 2. The Kier molecular flexibility index (Phi) is 5.48. The van der Waals surface area contributed by atoms with E-state index in [0.29, 0.717) is 6.04 Å². The molecule has 2 N–H and O–H groups in total. The number of halogens is 1. The fourth-order valence-electron chi connectivity index (χ4n) is 1.89. The first-order valence-corrected chi connectivity index (χ1v) is 5.58. The van der Waals surface area contributed by atoms with Crippen LogP contribution in [-0.4, -0.2) is 24.7 Å². The molecule has 0 saturated carbocycles. The smallest absolute Gasteiger partial charge is 0.0613 e. The third kappa shape index (κ3) is 3.46. The summed E-state index contributed by atoms with van der Waals surface area (Å²) < 4.78 is 5.09. The Morgan fingerprint density at radius 1 is 1.35 bits per heavy atom. The van der Waals surface area contributed by atoms with Crippen molar-refractivity contribution in [3.63, 3.8) is 0 Å². The van der Waals surface area contributed by atoms with Crippen molar-refractivity contribution in [2.45, 2.75) is 19.5 Å². The molecule has 94 valence electrons. The minimum atomic E-state index is 0. The summed E-state index contributed by atoms with van der Waals surface area (Å²) in [5.74, 6) is 0. The largest absolute Gasteiger partial charge is 0.383 e. The Hall–Kier alpha value is -1.03. The summed E-state index contributed by atoms with van der Waals surface area (Å²) in [5.41, 5.74) is 2.52. The van der Waals surface area contributed by atoms with E-state index in [-0.39, 0.29) is 12.4 Å². The second kappa shape index (κ2) is 6.64. The third-order valence-electron chi connectivity index (χ3n) is 2.73. The number of aromatic nitrogens is 1. The van der Waals surface area contributed by atoms with Gasteiger partial charge in [0.2, 0.25) is 0 Å². The Balaban J connectivity index is 0.00000144. The number of hydrogen-bond donors (Lipinski definition) is 2. The van der Waals surface area contributed by atoms with Gasteiger partial charge < -0.3 is 15.0 Å². The molecule has 4 heteroatoms. The minimum Gasteiger partial charge on any atom is -0.383 e. The van der Waals surface area contributed by atoms with Crippen LogP contribution in [0.4, 0.5) is 0 Å². The zero-order valence-corrected chi connectivity index (χ0v) is 11.0. The first-order chi connectivity index (χ1) is 7.81. The number of rotatable bonds is 5. The maximum absolute atomic E-state index is 5.09. The first kappa shape index (κ1) is 14.0. The molecule has 1 heterocycles. The Bertz CT molecular complexity index is 455. The lowest BCUT2D eigenvalue weighted by Gasteiger charge is -2.13. The highest BCUT2D eigenvalue weighted by atomic mass is 35.5. The molecule has 17 heavy (non-hydrogen) atoms. The van der Waals surface area contributed by atoms with Crippen LogP contribution in [0.5, 0.6) is 0 Å². The summed E-state index contributed by atoms with van der Waals surface area (Å²) in [6.45, 7) is 3.72. The van der Waals surface area contributed by atoms with Gasteiger partial charge in [-0.05, 0) is 23.9 Å². The average molecular weight is 255 g/mol. The van der Waals surface area contributed by atoms with Crippen molar-refractivity contribution in [2.24, 2.45) is 0 Å². The summed E-state index contributed by atoms with van der Waals surface area (Å²) in [6, 6.07) is 8.82. The summed E-state index contributed by atoms with van der Waals surface area (Å²) in [6.07, 6.45) is 1.98. The number of H-pyrrole nitrogens is 1. The second-order valence-corrected chi connectivity index (χ2v) is 4.10. The molecule has 0 aliphatic carbocycles. The Morgan fingerprint density at radius 2 is 2.18 bits per heavy atom. The van der Waals surface area contributed by atoms with E-state index in [1.54, 1.807) is 7.11 Å². The SMILES string of the molecule is COCC(C)NCc1cccc2cc[nH]c12.Cl. The zero-order valence-electron chi connectivity index (χ0n) is 10.2. The number of methoxy groups -OCH3 is 1. The van der Waals surface area contributed by atoms with Crippen LogP contribution in [0.15, 0.2) is 30.5 Å². The van der Waals surface area contributed by atoms with Gasteiger partial charge in [-0.3, -0.25) is 0 Å². The lowest BCUT2D eigenvalue weighted by molar-refractivity contribution is 0.172. The summed E-state index contributed by atoms with van der Waals surface area (Å²) >= 11 is 0. The quantitative estimate of drug-likeness (QED) is 0.861. The minimum absolute atomic E-state index is 0. The van der Waals surface area contributed by atoms with Gasteiger partial charge in [0.25, 0.3) is 0 Å². The van der Waals surface area contributed by atoms with Crippen molar-refractivity contribution in [3.8, 4) is 0 Å². The highest BCUT2D eigenvalue weighted by Crippen LogP contribution is 2.16. The van der Waals surface area contributed by atoms with E-state index in [9.17, 15) is 0 Å². The maximum Gasteiger partial charge on any atom is 0.0613 e. The molecule has 0 aliphatic heterocycles. The average Bonchev–Trinajstić information content (AvgIpc) is 2.75. The molecule has 1 aromatic carbocycles. The Morgan fingerprint density at radius 3 is 2.94 bits per heavy atom. The molecule has 3 nitrogen and oxygen atoms in total. The summed E-state index contributed by atoms with van der Waals surface area (Å²) in [4.78, 5) is 3.27. The van der Waals surface area contributed by atoms with E-state index >= 15 is 0 Å². The molecule has 1 unspecified atom stereocenters. The van der Waals surface area contributed by atoms with E-state index in [0.717, 1.165) is 13.2 Å². The van der Waals surface area contributed by atoms with Crippen molar-refractivity contribution in [2.75, 3.05) is 13.7 Å². The highest BCUT2D eigenvalue weighted by molar-refractivity contribution is 5.85. The predicted octanol–water partition coefficient (Wildman–Crippen LogP) is 2.71. The van der Waals surface area contributed by atoms with Crippen LogP contribution in [-0.2, 0) is 11.3 Å². The lowest BCUT2D eigenvalue weighted by Crippen LogP contribution is -2.29. The molecule has 0 saturated heterocycles. The number of fused-ring (bicyclic) bond motifs is 1. The van der Waals surface area contributed by atoms with Crippen LogP contribution >= 0.6 is 12.4 Å². The van der Waals surface area contributed by atoms with Crippen molar-refractivity contribution in [1.29, 1.82) is 0 Å². The van der Waals surface area contributed by atoms with E-state index < -0.39 is 0 Å². The molecule has 0 bridgehead atoms. The van der Waals surface area contributed by atoms with Gasteiger partial charge >= 0.3 is 0 Å². The number of ether oxygens (including phenoxy) is 1. The van der Waals surface area contributed by atoms with Gasteiger partial charge in [0, 0.05) is 31.4 Å². The van der Waals surface area contributed by atoms with Crippen molar-refractivity contribution in [1.82, 2.24) is 10.3 Å². The van der Waals surface area contributed by atoms with Crippen LogP contribution in [0, 0.1) is 0 Å². The maximum atomic E-state index is 5.09. The van der Waals surface area contributed by atoms with Gasteiger partial charge in [0.05, 0.1) is 6.61 Å². The molecule has 0 spiro atoms. The normalized spacial score (nSPS) is 12.4. The fourth-order valence-corrected chi connectivity index (χ4v) is 1.89. The van der Waals surface area contributed by atoms with Gasteiger partial charge in [-0.2, -0.15) is 0 Å². The number of hydrogen-bond acceptors (Lipinski definition) is 2. The van der Waals surface area contributed by atoms with Crippen molar-refractivity contribution in [3.05, 3.63) is 36.0 Å². The van der Waals surface area contributed by atoms with Crippen LogP contribution in [0.2, 0.25) is 0 Å². The molecule has 0 fully saturated rings. The molecular weight excluding hydrogens is 236 g/mol. The van der Waals surface area contributed by atoms with E-state index in [1.165, 1.54) is 16.5 Å². The van der Waals surface area contributed by atoms with Crippen LogP contribution in [0.25, 0.3) is 10.9 Å². The number of aromatic amines is 1. The summed E-state index contributed by atoms with van der Waals surface area (Å²) in [7, 11) is 1.73. The second-order valence-electron chi connectivity index (χ2n) is 4.10. The number of para-hydroxylation sites is 1.